The minimum Gasteiger partial charge on any atom is -0.340 e. The number of anilines is 2. The number of carbonyl (C=O) groups is 1. The molecule has 0 aliphatic carbocycles. The van der Waals surface area contributed by atoms with Crippen LogP contribution in [0.25, 0.3) is 10.9 Å². The van der Waals surface area contributed by atoms with Gasteiger partial charge in [-0.05, 0) is 36.4 Å². The first kappa shape index (κ1) is 14.5. The lowest BCUT2D eigenvalue weighted by atomic mass is 10.1. The molecule has 1 amide bonds. The van der Waals surface area contributed by atoms with Crippen LogP contribution in [-0.4, -0.2) is 10.9 Å². The molecule has 110 valence electrons. The van der Waals surface area contributed by atoms with E-state index in [2.05, 4.69) is 31.7 Å². The summed E-state index contributed by atoms with van der Waals surface area (Å²) < 4.78 is 0.993. The van der Waals surface area contributed by atoms with Crippen LogP contribution >= 0.6 is 15.9 Å². The van der Waals surface area contributed by atoms with Crippen molar-refractivity contribution in [3.8, 4) is 0 Å². The van der Waals surface area contributed by atoms with Gasteiger partial charge in [-0.3, -0.25) is 10.2 Å². The number of carbonyl (C=O) groups excluding carboxylic acids is 1. The molecule has 0 aliphatic heterocycles. The van der Waals surface area contributed by atoms with E-state index in [1.807, 2.05) is 48.5 Å². The number of hydrogen-bond acceptors (Lipinski definition) is 4. The summed E-state index contributed by atoms with van der Waals surface area (Å²) in [6.07, 6.45) is 0. The van der Waals surface area contributed by atoms with E-state index in [-0.39, 0.29) is 5.91 Å². The van der Waals surface area contributed by atoms with Crippen LogP contribution in [0.15, 0.2) is 59.1 Å². The second-order valence-corrected chi connectivity index (χ2v) is 5.59. The number of aromatic nitrogens is 1. The topological polar surface area (TPSA) is 80.0 Å². The minimum absolute atomic E-state index is 0.350. The lowest BCUT2D eigenvalue weighted by molar-refractivity contribution is 0.0955. The van der Waals surface area contributed by atoms with E-state index in [4.69, 9.17) is 5.84 Å². The highest BCUT2D eigenvalue weighted by Gasteiger charge is 2.11. The average Bonchev–Trinajstić information content (AvgIpc) is 2.55. The number of nitrogens with one attached hydrogen (secondary N) is 2. The number of para-hydroxylation sites is 1. The Balaban J connectivity index is 2.06. The third kappa shape index (κ3) is 2.93. The number of hydrazine groups is 1. The summed E-state index contributed by atoms with van der Waals surface area (Å²) >= 11 is 3.39. The van der Waals surface area contributed by atoms with Crippen molar-refractivity contribution < 1.29 is 4.79 Å². The number of fused-ring (bicyclic) bond motifs is 1. The predicted octanol–water partition coefficient (Wildman–Crippen LogP) is 3.34. The maximum absolute atomic E-state index is 12.0. The number of nitrogens with two attached hydrogens (primary N) is 1. The molecule has 0 unspecified atom stereocenters. The van der Waals surface area contributed by atoms with Gasteiger partial charge in [0.2, 0.25) is 0 Å². The first-order valence-electron chi connectivity index (χ1n) is 6.61. The summed E-state index contributed by atoms with van der Waals surface area (Å²) in [5.74, 6) is 5.50. The van der Waals surface area contributed by atoms with Crippen LogP contribution in [0.2, 0.25) is 0 Å². The number of rotatable bonds is 3. The summed E-state index contributed by atoms with van der Waals surface area (Å²) in [5.41, 5.74) is 4.26. The Labute approximate surface area is 135 Å². The lowest BCUT2D eigenvalue weighted by Gasteiger charge is -2.10. The van der Waals surface area contributed by atoms with Crippen molar-refractivity contribution in [1.82, 2.24) is 10.4 Å². The summed E-state index contributed by atoms with van der Waals surface area (Å²) in [6.45, 7) is 0. The number of hydrogen-bond donors (Lipinski definition) is 3. The molecule has 0 radical (unpaired) electrons. The first-order valence-corrected chi connectivity index (χ1v) is 7.40. The second kappa shape index (κ2) is 6.13. The molecule has 0 saturated carbocycles. The van der Waals surface area contributed by atoms with E-state index in [0.717, 1.165) is 21.1 Å². The van der Waals surface area contributed by atoms with Crippen molar-refractivity contribution in [2.24, 2.45) is 5.84 Å². The molecule has 3 aromatic rings. The van der Waals surface area contributed by atoms with E-state index in [1.165, 1.54) is 0 Å². The Morgan fingerprint density at radius 1 is 1.09 bits per heavy atom. The number of halogens is 1. The second-order valence-electron chi connectivity index (χ2n) is 4.68. The van der Waals surface area contributed by atoms with Gasteiger partial charge in [0.25, 0.3) is 5.91 Å². The van der Waals surface area contributed by atoms with Gasteiger partial charge < -0.3 is 5.32 Å². The molecule has 0 spiro atoms. The van der Waals surface area contributed by atoms with Gasteiger partial charge in [0.15, 0.2) is 0 Å². The van der Waals surface area contributed by atoms with Crippen LogP contribution in [0.1, 0.15) is 10.4 Å². The van der Waals surface area contributed by atoms with Crippen molar-refractivity contribution in [3.05, 3.63) is 64.6 Å². The molecule has 5 nitrogen and oxygen atoms in total. The zero-order valence-electron chi connectivity index (χ0n) is 11.5. The fourth-order valence-corrected chi connectivity index (χ4v) is 2.45. The van der Waals surface area contributed by atoms with Gasteiger partial charge in [-0.1, -0.05) is 34.1 Å². The number of amides is 1. The van der Waals surface area contributed by atoms with Gasteiger partial charge in [-0.15, -0.1) is 0 Å². The predicted molar refractivity (Wildman–Crippen MR) is 90.8 cm³/mol. The van der Waals surface area contributed by atoms with Crippen molar-refractivity contribution in [1.29, 1.82) is 0 Å². The largest absolute Gasteiger partial charge is 0.340 e. The molecular formula is C16H13BrN4O. The summed E-state index contributed by atoms with van der Waals surface area (Å²) in [6, 6.07) is 16.8. The van der Waals surface area contributed by atoms with E-state index in [1.54, 1.807) is 6.07 Å². The minimum atomic E-state index is -0.350. The third-order valence-electron chi connectivity index (χ3n) is 3.21. The Hall–Kier alpha value is -2.44. The fraction of sp³-hybridized carbons (Fsp3) is 0. The number of nitrogens with zero attached hydrogens (tertiary/aromatic N) is 1. The molecule has 0 aliphatic rings. The van der Waals surface area contributed by atoms with E-state index < -0.39 is 0 Å². The van der Waals surface area contributed by atoms with Gasteiger partial charge in [-0.2, -0.15) is 0 Å². The van der Waals surface area contributed by atoms with Crippen molar-refractivity contribution in [3.63, 3.8) is 0 Å². The van der Waals surface area contributed by atoms with E-state index in [0.29, 0.717) is 11.4 Å². The Morgan fingerprint density at radius 2 is 1.82 bits per heavy atom. The van der Waals surface area contributed by atoms with Crippen molar-refractivity contribution in [2.75, 3.05) is 5.32 Å². The number of pyridine rings is 1. The van der Waals surface area contributed by atoms with Gasteiger partial charge in [0.1, 0.15) is 5.82 Å². The molecule has 6 heteroatoms. The maximum atomic E-state index is 12.0. The molecule has 0 saturated heterocycles. The van der Waals surface area contributed by atoms with Crippen LogP contribution < -0.4 is 16.6 Å². The maximum Gasteiger partial charge on any atom is 0.265 e. The van der Waals surface area contributed by atoms with Crippen LogP contribution in [0.3, 0.4) is 0 Å². The Bertz CT molecular complexity index is 833. The summed E-state index contributed by atoms with van der Waals surface area (Å²) in [5, 5.41) is 3.95. The monoisotopic (exact) mass is 356 g/mol. The van der Waals surface area contributed by atoms with Gasteiger partial charge in [0, 0.05) is 15.5 Å². The van der Waals surface area contributed by atoms with E-state index in [9.17, 15) is 4.79 Å². The molecule has 2 aromatic carbocycles. The quantitative estimate of drug-likeness (QED) is 0.382. The van der Waals surface area contributed by atoms with Crippen LogP contribution in [-0.2, 0) is 0 Å². The fourth-order valence-electron chi connectivity index (χ4n) is 2.19. The van der Waals surface area contributed by atoms with Crippen LogP contribution in [0, 0.1) is 0 Å². The smallest absolute Gasteiger partial charge is 0.265 e. The average molecular weight is 357 g/mol. The molecular weight excluding hydrogens is 344 g/mol. The highest BCUT2D eigenvalue weighted by atomic mass is 79.9. The van der Waals surface area contributed by atoms with Gasteiger partial charge >= 0.3 is 0 Å². The van der Waals surface area contributed by atoms with Crippen LogP contribution in [0.5, 0.6) is 0 Å². The molecule has 22 heavy (non-hydrogen) atoms. The zero-order valence-corrected chi connectivity index (χ0v) is 13.1. The standard InChI is InChI=1S/C16H13BrN4O/c17-10-5-7-11(8-6-10)19-15-9-13(16(22)21-18)12-3-1-2-4-14(12)20-15/h1-9H,18H2,(H,19,20)(H,21,22). The molecule has 1 aromatic heterocycles. The molecule has 0 fully saturated rings. The summed E-state index contributed by atoms with van der Waals surface area (Å²) in [7, 11) is 0. The SMILES string of the molecule is NNC(=O)c1cc(Nc2ccc(Br)cc2)nc2ccccc12. The number of benzene rings is 2. The molecule has 0 atom stereocenters. The highest BCUT2D eigenvalue weighted by molar-refractivity contribution is 9.10. The summed E-state index contributed by atoms with van der Waals surface area (Å²) in [4.78, 5) is 16.5. The highest BCUT2D eigenvalue weighted by Crippen LogP contribution is 2.24. The lowest BCUT2D eigenvalue weighted by Crippen LogP contribution is -2.30. The molecule has 0 bridgehead atoms. The van der Waals surface area contributed by atoms with Crippen LogP contribution in [0.4, 0.5) is 11.5 Å². The third-order valence-corrected chi connectivity index (χ3v) is 3.74. The van der Waals surface area contributed by atoms with Gasteiger partial charge in [0.05, 0.1) is 11.1 Å². The Kier molecular flexibility index (Phi) is 4.04. The van der Waals surface area contributed by atoms with Crippen molar-refractivity contribution in [2.45, 2.75) is 0 Å². The molecule has 4 N–H and O–H groups in total. The zero-order chi connectivity index (χ0) is 15.5. The van der Waals surface area contributed by atoms with Crippen molar-refractivity contribution >= 4 is 44.2 Å². The normalized spacial score (nSPS) is 10.5. The molecule has 3 rings (SSSR count). The van der Waals surface area contributed by atoms with E-state index >= 15 is 0 Å². The van der Waals surface area contributed by atoms with Gasteiger partial charge in [-0.25, -0.2) is 10.8 Å². The molecule has 1 heterocycles. The number of nitrogen functional groups attached to an aromatic ring is 1. The first-order chi connectivity index (χ1) is 10.7. The Morgan fingerprint density at radius 3 is 2.55 bits per heavy atom.